The number of hydrogen-bond donors (Lipinski definition) is 0. The van der Waals surface area contributed by atoms with Crippen LogP contribution in [0.1, 0.15) is 35.4 Å². The zero-order valence-corrected chi connectivity index (χ0v) is 17.2. The van der Waals surface area contributed by atoms with Crippen LogP contribution in [0.15, 0.2) is 65.8 Å². The Kier molecular flexibility index (Phi) is 4.66. The highest BCUT2D eigenvalue weighted by molar-refractivity contribution is 6.31. The third-order valence-corrected chi connectivity index (χ3v) is 5.99. The molecule has 146 valence electrons. The van der Waals surface area contributed by atoms with Crippen molar-refractivity contribution in [3.05, 3.63) is 98.2 Å². The summed E-state index contributed by atoms with van der Waals surface area (Å²) in [5, 5.41) is 8.12. The number of rotatable bonds is 2. The first kappa shape index (κ1) is 18.7. The Hall–Kier alpha value is -2.27. The first-order valence-corrected chi connectivity index (χ1v) is 10.2. The average Bonchev–Trinajstić information content (AvgIpc) is 3.14. The van der Waals surface area contributed by atoms with Gasteiger partial charge in [0.15, 0.2) is 0 Å². The molecule has 0 aliphatic carbocycles. The minimum atomic E-state index is -0.785. The Bertz CT molecular complexity index is 1110. The second-order valence-corrected chi connectivity index (χ2v) is 8.22. The summed E-state index contributed by atoms with van der Waals surface area (Å²) >= 11 is 18.6. The molecule has 0 saturated heterocycles. The summed E-state index contributed by atoms with van der Waals surface area (Å²) in [7, 11) is 0. The number of hydrogen-bond acceptors (Lipinski definition) is 3. The van der Waals surface area contributed by atoms with E-state index in [0.29, 0.717) is 27.2 Å². The van der Waals surface area contributed by atoms with E-state index >= 15 is 0 Å². The van der Waals surface area contributed by atoms with E-state index in [9.17, 15) is 4.39 Å². The van der Waals surface area contributed by atoms with Gasteiger partial charge in [0.1, 0.15) is 11.6 Å². The minimum absolute atomic E-state index is 0.149. The Morgan fingerprint density at radius 3 is 2.48 bits per heavy atom. The van der Waals surface area contributed by atoms with Gasteiger partial charge in [0.2, 0.25) is 6.23 Å². The van der Waals surface area contributed by atoms with E-state index in [4.69, 9.17) is 44.6 Å². The van der Waals surface area contributed by atoms with E-state index in [1.54, 1.807) is 29.3 Å². The highest BCUT2D eigenvalue weighted by Gasteiger charge is 2.42. The van der Waals surface area contributed by atoms with Crippen molar-refractivity contribution < 1.29 is 9.13 Å². The van der Waals surface area contributed by atoms with Gasteiger partial charge in [-0.2, -0.15) is 5.10 Å². The van der Waals surface area contributed by atoms with E-state index in [0.717, 1.165) is 16.8 Å². The van der Waals surface area contributed by atoms with Crippen molar-refractivity contribution in [2.24, 2.45) is 5.10 Å². The van der Waals surface area contributed by atoms with E-state index in [2.05, 4.69) is 0 Å². The van der Waals surface area contributed by atoms with Crippen LogP contribution < -0.4 is 4.74 Å². The Balaban J connectivity index is 1.64. The van der Waals surface area contributed by atoms with Crippen LogP contribution in [-0.4, -0.2) is 10.7 Å². The molecule has 3 aromatic rings. The van der Waals surface area contributed by atoms with Crippen LogP contribution in [0.2, 0.25) is 15.1 Å². The number of nitrogens with zero attached hydrogens (tertiary/aromatic N) is 2. The molecule has 0 radical (unpaired) electrons. The lowest BCUT2D eigenvalue weighted by molar-refractivity contribution is -0.0211. The third-order valence-electron chi connectivity index (χ3n) is 5.18. The molecule has 0 saturated carbocycles. The fraction of sp³-hybridized carbons (Fsp3) is 0.136. The summed E-state index contributed by atoms with van der Waals surface area (Å²) in [5.41, 5.74) is 2.99. The maximum atomic E-state index is 14.7. The Morgan fingerprint density at radius 1 is 0.966 bits per heavy atom. The second kappa shape index (κ2) is 7.21. The van der Waals surface area contributed by atoms with Crippen molar-refractivity contribution in [2.75, 3.05) is 0 Å². The lowest BCUT2D eigenvalue weighted by atomic mass is 9.96. The van der Waals surface area contributed by atoms with E-state index < -0.39 is 12.0 Å². The van der Waals surface area contributed by atoms with Crippen molar-refractivity contribution in [3.63, 3.8) is 0 Å². The number of fused-ring (bicyclic) bond motifs is 3. The van der Waals surface area contributed by atoms with Gasteiger partial charge in [-0.25, -0.2) is 9.40 Å². The molecule has 2 unspecified atom stereocenters. The van der Waals surface area contributed by atoms with Crippen LogP contribution in [0, 0.1) is 5.82 Å². The van der Waals surface area contributed by atoms with Crippen molar-refractivity contribution in [1.29, 1.82) is 0 Å². The van der Waals surface area contributed by atoms with Crippen molar-refractivity contribution in [1.82, 2.24) is 5.01 Å². The molecule has 0 fully saturated rings. The highest BCUT2D eigenvalue weighted by Crippen LogP contribution is 2.49. The molecule has 3 nitrogen and oxygen atoms in total. The zero-order valence-electron chi connectivity index (χ0n) is 14.9. The van der Waals surface area contributed by atoms with Gasteiger partial charge in [-0.3, -0.25) is 0 Å². The molecule has 2 aliphatic heterocycles. The van der Waals surface area contributed by atoms with Gasteiger partial charge in [-0.15, -0.1) is 0 Å². The van der Waals surface area contributed by atoms with Crippen LogP contribution in [0.4, 0.5) is 4.39 Å². The SMILES string of the molecule is Fc1cccc(Cl)c1C1Oc2ccc(Cl)cc2C2CC(c3ccc(Cl)cc3)=NN21. The lowest BCUT2D eigenvalue weighted by Crippen LogP contribution is -2.34. The van der Waals surface area contributed by atoms with Crippen LogP contribution in [-0.2, 0) is 0 Å². The molecule has 29 heavy (non-hydrogen) atoms. The van der Waals surface area contributed by atoms with Gasteiger partial charge in [0.05, 0.1) is 22.3 Å². The predicted octanol–water partition coefficient (Wildman–Crippen LogP) is 7.03. The van der Waals surface area contributed by atoms with Crippen LogP contribution in [0.3, 0.4) is 0 Å². The topological polar surface area (TPSA) is 24.8 Å². The Labute approximate surface area is 182 Å². The molecule has 7 heteroatoms. The monoisotopic (exact) mass is 446 g/mol. The molecule has 2 heterocycles. The van der Waals surface area contributed by atoms with Gasteiger partial charge >= 0.3 is 0 Å². The molecule has 0 N–H and O–H groups in total. The molecule has 0 amide bonds. The van der Waals surface area contributed by atoms with Gasteiger partial charge in [-0.05, 0) is 48.0 Å². The van der Waals surface area contributed by atoms with Crippen LogP contribution in [0.5, 0.6) is 5.75 Å². The van der Waals surface area contributed by atoms with Gasteiger partial charge in [-0.1, -0.05) is 53.0 Å². The van der Waals surface area contributed by atoms with Crippen molar-refractivity contribution in [3.8, 4) is 5.75 Å². The number of benzene rings is 3. The molecule has 0 spiro atoms. The second-order valence-electron chi connectivity index (χ2n) is 6.94. The number of ether oxygens (including phenoxy) is 1. The first-order valence-electron chi connectivity index (χ1n) is 9.03. The third kappa shape index (κ3) is 3.25. The van der Waals surface area contributed by atoms with Crippen LogP contribution in [0.25, 0.3) is 0 Å². The summed E-state index contributed by atoms with van der Waals surface area (Å²) in [6.45, 7) is 0. The molecular formula is C22H14Cl3FN2O. The van der Waals surface area contributed by atoms with E-state index in [-0.39, 0.29) is 11.6 Å². The smallest absolute Gasteiger partial charge is 0.218 e. The van der Waals surface area contributed by atoms with Crippen LogP contribution >= 0.6 is 34.8 Å². The largest absolute Gasteiger partial charge is 0.464 e. The van der Waals surface area contributed by atoms with Gasteiger partial charge < -0.3 is 4.74 Å². The summed E-state index contributed by atoms with van der Waals surface area (Å²) in [6, 6.07) is 17.4. The van der Waals surface area contributed by atoms with Gasteiger partial charge in [0.25, 0.3) is 0 Å². The maximum Gasteiger partial charge on any atom is 0.218 e. The molecule has 3 aromatic carbocycles. The molecule has 0 aromatic heterocycles. The predicted molar refractivity (Wildman–Crippen MR) is 113 cm³/mol. The summed E-state index contributed by atoms with van der Waals surface area (Å²) < 4.78 is 20.9. The maximum absolute atomic E-state index is 14.7. The van der Waals surface area contributed by atoms with E-state index in [1.165, 1.54) is 6.07 Å². The number of halogens is 4. The molecule has 5 rings (SSSR count). The normalized spacial score (nSPS) is 20.0. The molecule has 2 atom stereocenters. The minimum Gasteiger partial charge on any atom is -0.464 e. The quantitative estimate of drug-likeness (QED) is 0.421. The van der Waals surface area contributed by atoms with Crippen molar-refractivity contribution >= 4 is 40.5 Å². The summed E-state index contributed by atoms with van der Waals surface area (Å²) in [5.74, 6) is 0.210. The van der Waals surface area contributed by atoms with E-state index in [1.807, 2.05) is 30.3 Å². The lowest BCUT2D eigenvalue weighted by Gasteiger charge is -2.38. The molecule has 2 aliphatic rings. The fourth-order valence-electron chi connectivity index (χ4n) is 3.81. The fourth-order valence-corrected chi connectivity index (χ4v) is 4.37. The van der Waals surface area contributed by atoms with Gasteiger partial charge in [0, 0.05) is 22.0 Å². The Morgan fingerprint density at radius 2 is 1.72 bits per heavy atom. The standard InChI is InChI=1S/C22H14Cl3FN2O/c23-13-6-4-12(5-7-13)18-11-19-15-10-14(24)8-9-20(15)29-22(28(19)27-18)21-16(25)2-1-3-17(21)26/h1-10,19,22H,11H2. The summed E-state index contributed by atoms with van der Waals surface area (Å²) in [4.78, 5) is 0. The first-order chi connectivity index (χ1) is 14.0. The number of hydrazone groups is 1. The van der Waals surface area contributed by atoms with Crippen molar-refractivity contribution in [2.45, 2.75) is 18.7 Å². The molecular weight excluding hydrogens is 434 g/mol. The highest BCUT2D eigenvalue weighted by atomic mass is 35.5. The average molecular weight is 448 g/mol. The molecule has 0 bridgehead atoms. The zero-order chi connectivity index (χ0) is 20.1. The summed E-state index contributed by atoms with van der Waals surface area (Å²) in [6.07, 6.45) is -0.159.